The third-order valence-corrected chi connectivity index (χ3v) is 5.41. The first-order valence-electron chi connectivity index (χ1n) is 5.37. The van der Waals surface area contributed by atoms with Gasteiger partial charge in [0.2, 0.25) is 0 Å². The lowest BCUT2D eigenvalue weighted by atomic mass is 10.0. The van der Waals surface area contributed by atoms with Gasteiger partial charge in [-0.1, -0.05) is 12.1 Å². The lowest BCUT2D eigenvalue weighted by Gasteiger charge is -2.19. The molecule has 0 bridgehead atoms. The maximum absolute atomic E-state index is 13.2. The summed E-state index contributed by atoms with van der Waals surface area (Å²) in [5.41, 5.74) is 5.48. The molecule has 1 fully saturated rings. The first-order chi connectivity index (χ1) is 7.93. The number of hydrogen-bond acceptors (Lipinski definition) is 4. The van der Waals surface area contributed by atoms with Gasteiger partial charge in [0.1, 0.15) is 5.82 Å². The van der Waals surface area contributed by atoms with Crippen molar-refractivity contribution in [2.45, 2.75) is 24.2 Å². The molecule has 1 heterocycles. The molecular formula is C11H14FNO3S. The molecule has 3 N–H and O–H groups in total. The molecule has 0 aliphatic carbocycles. The molecule has 1 aromatic rings. The molecule has 1 aliphatic heterocycles. The molecule has 94 valence electrons. The summed E-state index contributed by atoms with van der Waals surface area (Å²) in [4.78, 5) is 0. The molecule has 4 nitrogen and oxygen atoms in total. The second-order valence-corrected chi connectivity index (χ2v) is 6.57. The molecule has 0 amide bonds. The second kappa shape index (κ2) is 4.27. The van der Waals surface area contributed by atoms with Crippen LogP contribution in [0.15, 0.2) is 18.2 Å². The number of halogens is 1. The molecule has 2 unspecified atom stereocenters. The van der Waals surface area contributed by atoms with Crippen LogP contribution in [0.4, 0.5) is 10.1 Å². The Morgan fingerprint density at radius 3 is 2.76 bits per heavy atom. The molecule has 6 heteroatoms. The Kier molecular flexibility index (Phi) is 3.09. The first-order valence-corrected chi connectivity index (χ1v) is 7.08. The largest absolute Gasteiger partial charge is 0.396 e. The number of nitrogens with two attached hydrogens (primary N) is 1. The minimum absolute atomic E-state index is 0.0734. The van der Waals surface area contributed by atoms with Crippen LogP contribution in [0.5, 0.6) is 0 Å². The van der Waals surface area contributed by atoms with E-state index in [1.165, 1.54) is 18.2 Å². The van der Waals surface area contributed by atoms with Crippen LogP contribution in [0.2, 0.25) is 0 Å². The molecule has 1 aromatic carbocycles. The molecule has 0 aromatic heterocycles. The van der Waals surface area contributed by atoms with Gasteiger partial charge < -0.3 is 10.8 Å². The van der Waals surface area contributed by atoms with Crippen LogP contribution in [-0.2, 0) is 9.84 Å². The van der Waals surface area contributed by atoms with E-state index in [9.17, 15) is 17.9 Å². The van der Waals surface area contributed by atoms with Crippen LogP contribution in [0.1, 0.15) is 24.5 Å². The number of sulfone groups is 1. The number of anilines is 1. The summed E-state index contributed by atoms with van der Waals surface area (Å²) in [5, 5.41) is 9.17. The van der Waals surface area contributed by atoms with E-state index in [0.717, 1.165) is 0 Å². The smallest absolute Gasteiger partial charge is 0.156 e. The van der Waals surface area contributed by atoms with Crippen LogP contribution in [0.3, 0.4) is 0 Å². The Bertz CT molecular complexity index is 530. The van der Waals surface area contributed by atoms with Gasteiger partial charge in [-0.15, -0.1) is 0 Å². The van der Waals surface area contributed by atoms with E-state index in [1.54, 1.807) is 0 Å². The Morgan fingerprint density at radius 2 is 2.18 bits per heavy atom. The van der Waals surface area contributed by atoms with Crippen molar-refractivity contribution >= 4 is 15.5 Å². The van der Waals surface area contributed by atoms with E-state index in [2.05, 4.69) is 0 Å². The van der Waals surface area contributed by atoms with Crippen molar-refractivity contribution < 1.29 is 17.9 Å². The summed E-state index contributed by atoms with van der Waals surface area (Å²) < 4.78 is 36.6. The highest BCUT2D eigenvalue weighted by atomic mass is 32.2. The highest BCUT2D eigenvalue weighted by molar-refractivity contribution is 7.92. The van der Waals surface area contributed by atoms with Gasteiger partial charge in [-0.3, -0.25) is 0 Å². The summed E-state index contributed by atoms with van der Waals surface area (Å²) in [7, 11) is -3.29. The quantitative estimate of drug-likeness (QED) is 0.777. The number of rotatable bonds is 2. The van der Waals surface area contributed by atoms with Crippen molar-refractivity contribution in [1.82, 2.24) is 0 Å². The van der Waals surface area contributed by atoms with Crippen LogP contribution < -0.4 is 5.73 Å². The molecule has 2 rings (SSSR count). The predicted molar refractivity (Wildman–Crippen MR) is 62.6 cm³/mol. The fourth-order valence-corrected chi connectivity index (χ4v) is 4.12. The van der Waals surface area contributed by atoms with Gasteiger partial charge in [0.05, 0.1) is 22.8 Å². The van der Waals surface area contributed by atoms with Crippen LogP contribution in [-0.4, -0.2) is 24.5 Å². The number of aliphatic hydroxyl groups is 1. The molecule has 2 atom stereocenters. The molecule has 1 aliphatic rings. The van der Waals surface area contributed by atoms with Crippen molar-refractivity contribution in [2.24, 2.45) is 0 Å². The Morgan fingerprint density at radius 1 is 1.47 bits per heavy atom. The molecule has 1 saturated heterocycles. The van der Waals surface area contributed by atoms with E-state index in [-0.39, 0.29) is 17.0 Å². The summed E-state index contributed by atoms with van der Waals surface area (Å²) in [6, 6.07) is 4.04. The topological polar surface area (TPSA) is 80.4 Å². The van der Waals surface area contributed by atoms with Crippen LogP contribution in [0, 0.1) is 5.82 Å². The predicted octanol–water partition coefficient (Wildman–Crippen LogP) is 1.02. The highest BCUT2D eigenvalue weighted by Gasteiger charge is 2.38. The van der Waals surface area contributed by atoms with Gasteiger partial charge >= 0.3 is 0 Å². The van der Waals surface area contributed by atoms with Gasteiger partial charge in [-0.25, -0.2) is 12.8 Å². The molecule has 17 heavy (non-hydrogen) atoms. The molecular weight excluding hydrogens is 245 g/mol. The number of benzene rings is 1. The summed E-state index contributed by atoms with van der Waals surface area (Å²) in [5.74, 6) is -0.568. The SMILES string of the molecule is Nc1c(F)cccc1C(O)C1CCCS1(=O)=O. The second-order valence-electron chi connectivity index (χ2n) is 4.24. The zero-order valence-corrected chi connectivity index (χ0v) is 9.95. The van der Waals surface area contributed by atoms with Gasteiger partial charge in [0.15, 0.2) is 9.84 Å². The summed E-state index contributed by atoms with van der Waals surface area (Å²) in [6.45, 7) is 0. The maximum Gasteiger partial charge on any atom is 0.156 e. The number of nitrogen functional groups attached to an aromatic ring is 1. The fourth-order valence-electron chi connectivity index (χ4n) is 2.18. The minimum Gasteiger partial charge on any atom is -0.396 e. The Labute approximate surface area is 99.2 Å². The van der Waals surface area contributed by atoms with E-state index in [0.29, 0.717) is 12.8 Å². The third kappa shape index (κ3) is 2.14. The van der Waals surface area contributed by atoms with Crippen LogP contribution in [0.25, 0.3) is 0 Å². The van der Waals surface area contributed by atoms with Gasteiger partial charge in [-0.05, 0) is 18.9 Å². The van der Waals surface area contributed by atoms with E-state index in [4.69, 9.17) is 5.73 Å². The lowest BCUT2D eigenvalue weighted by Crippen LogP contribution is -2.25. The van der Waals surface area contributed by atoms with Gasteiger partial charge in [-0.2, -0.15) is 0 Å². The van der Waals surface area contributed by atoms with Crippen molar-refractivity contribution in [3.63, 3.8) is 0 Å². The van der Waals surface area contributed by atoms with Crippen molar-refractivity contribution in [1.29, 1.82) is 0 Å². The number of para-hydroxylation sites is 1. The summed E-state index contributed by atoms with van der Waals surface area (Å²) in [6.07, 6.45) is -0.336. The van der Waals surface area contributed by atoms with Gasteiger partial charge in [0, 0.05) is 5.56 Å². The Hall–Kier alpha value is -1.14. The van der Waals surface area contributed by atoms with Crippen LogP contribution >= 0.6 is 0 Å². The minimum atomic E-state index is -3.29. The first kappa shape index (κ1) is 12.3. The van der Waals surface area contributed by atoms with E-state index < -0.39 is 27.0 Å². The zero-order valence-electron chi connectivity index (χ0n) is 9.14. The standard InChI is InChI=1S/C11H14FNO3S/c12-8-4-1-3-7(10(8)13)11(14)9-5-2-6-17(9,15)16/h1,3-4,9,11,14H,2,5-6,13H2. The normalized spacial score (nSPS) is 24.7. The Balaban J connectivity index is 2.38. The van der Waals surface area contributed by atoms with Gasteiger partial charge in [0.25, 0.3) is 0 Å². The lowest BCUT2D eigenvalue weighted by molar-refractivity contribution is 0.170. The molecule has 0 saturated carbocycles. The highest BCUT2D eigenvalue weighted by Crippen LogP contribution is 2.34. The summed E-state index contributed by atoms with van der Waals surface area (Å²) >= 11 is 0. The van der Waals surface area contributed by atoms with E-state index in [1.807, 2.05) is 0 Å². The zero-order chi connectivity index (χ0) is 12.6. The average Bonchev–Trinajstić information content (AvgIpc) is 2.61. The fraction of sp³-hybridized carbons (Fsp3) is 0.455. The third-order valence-electron chi connectivity index (χ3n) is 3.14. The molecule has 0 radical (unpaired) electrons. The average molecular weight is 259 g/mol. The molecule has 0 spiro atoms. The van der Waals surface area contributed by atoms with Crippen molar-refractivity contribution in [3.05, 3.63) is 29.6 Å². The monoisotopic (exact) mass is 259 g/mol. The van der Waals surface area contributed by atoms with Crippen molar-refractivity contribution in [2.75, 3.05) is 11.5 Å². The number of hydrogen-bond donors (Lipinski definition) is 2. The maximum atomic E-state index is 13.2. The number of aliphatic hydroxyl groups excluding tert-OH is 1. The van der Waals surface area contributed by atoms with Crippen molar-refractivity contribution in [3.8, 4) is 0 Å². The van der Waals surface area contributed by atoms with E-state index >= 15 is 0 Å².